The lowest BCUT2D eigenvalue weighted by Crippen LogP contribution is -2.37. The van der Waals surface area contributed by atoms with E-state index >= 15 is 0 Å². The predicted molar refractivity (Wildman–Crippen MR) is 74.8 cm³/mol. The van der Waals surface area contributed by atoms with Crippen molar-refractivity contribution in [3.05, 3.63) is 29.3 Å². The summed E-state index contributed by atoms with van der Waals surface area (Å²) in [5.74, 6) is 0.779. The minimum Gasteiger partial charge on any atom is -0.370 e. The monoisotopic (exact) mass is 232 g/mol. The third-order valence-corrected chi connectivity index (χ3v) is 3.94. The molecule has 1 fully saturated rings. The molecule has 0 aromatic heterocycles. The van der Waals surface area contributed by atoms with Crippen LogP contribution in [0.4, 0.5) is 5.69 Å². The Morgan fingerprint density at radius 3 is 2.41 bits per heavy atom. The first-order valence-electron chi connectivity index (χ1n) is 6.63. The van der Waals surface area contributed by atoms with Crippen LogP contribution in [0, 0.1) is 19.8 Å². The van der Waals surface area contributed by atoms with Crippen molar-refractivity contribution in [2.75, 3.05) is 25.0 Å². The Morgan fingerprint density at radius 1 is 1.18 bits per heavy atom. The Hall–Kier alpha value is -1.02. The van der Waals surface area contributed by atoms with Crippen molar-refractivity contribution in [2.24, 2.45) is 5.92 Å². The van der Waals surface area contributed by atoms with Crippen LogP contribution >= 0.6 is 0 Å². The van der Waals surface area contributed by atoms with E-state index in [9.17, 15) is 0 Å². The molecule has 2 heteroatoms. The summed E-state index contributed by atoms with van der Waals surface area (Å²) in [5, 5.41) is 3.51. The molecule has 2 unspecified atom stereocenters. The molecule has 0 aliphatic carbocycles. The summed E-state index contributed by atoms with van der Waals surface area (Å²) in [7, 11) is 2.23. The maximum atomic E-state index is 3.51. The van der Waals surface area contributed by atoms with Gasteiger partial charge in [-0.25, -0.2) is 0 Å². The van der Waals surface area contributed by atoms with Crippen LogP contribution in [0.25, 0.3) is 0 Å². The lowest BCUT2D eigenvalue weighted by atomic mass is 9.98. The third-order valence-electron chi connectivity index (χ3n) is 3.94. The van der Waals surface area contributed by atoms with E-state index in [1.165, 1.54) is 23.2 Å². The van der Waals surface area contributed by atoms with Crippen molar-refractivity contribution in [3.63, 3.8) is 0 Å². The number of rotatable bonds is 3. The SMILES string of the molecule is CCC1CNCC1N(C)c1cc(C)cc(C)c1. The zero-order valence-electron chi connectivity index (χ0n) is 11.5. The summed E-state index contributed by atoms with van der Waals surface area (Å²) < 4.78 is 0. The van der Waals surface area contributed by atoms with Gasteiger partial charge in [0, 0.05) is 31.9 Å². The van der Waals surface area contributed by atoms with Crippen LogP contribution in [-0.4, -0.2) is 26.2 Å². The first-order chi connectivity index (χ1) is 8.11. The molecule has 1 aliphatic heterocycles. The molecule has 1 aliphatic rings. The molecule has 2 rings (SSSR count). The number of nitrogens with zero attached hydrogens (tertiary/aromatic N) is 1. The fraction of sp³-hybridized carbons (Fsp3) is 0.600. The molecule has 94 valence electrons. The topological polar surface area (TPSA) is 15.3 Å². The van der Waals surface area contributed by atoms with Crippen molar-refractivity contribution in [1.29, 1.82) is 0 Å². The summed E-state index contributed by atoms with van der Waals surface area (Å²) in [5.41, 5.74) is 4.06. The number of anilines is 1. The van der Waals surface area contributed by atoms with Crippen molar-refractivity contribution in [1.82, 2.24) is 5.32 Å². The smallest absolute Gasteiger partial charge is 0.0451 e. The van der Waals surface area contributed by atoms with Crippen molar-refractivity contribution >= 4 is 5.69 Å². The summed E-state index contributed by atoms with van der Waals surface area (Å²) in [6.45, 7) is 8.92. The second-order valence-electron chi connectivity index (χ2n) is 5.35. The second-order valence-corrected chi connectivity index (χ2v) is 5.35. The van der Waals surface area contributed by atoms with Crippen molar-refractivity contribution in [3.8, 4) is 0 Å². The number of benzene rings is 1. The lowest BCUT2D eigenvalue weighted by Gasteiger charge is -2.31. The average Bonchev–Trinajstić information content (AvgIpc) is 2.74. The number of aryl methyl sites for hydroxylation is 2. The summed E-state index contributed by atoms with van der Waals surface area (Å²) >= 11 is 0. The number of nitrogens with one attached hydrogen (secondary N) is 1. The van der Waals surface area contributed by atoms with Crippen molar-refractivity contribution < 1.29 is 0 Å². The highest BCUT2D eigenvalue weighted by atomic mass is 15.2. The van der Waals surface area contributed by atoms with E-state index in [0.29, 0.717) is 6.04 Å². The van der Waals surface area contributed by atoms with E-state index < -0.39 is 0 Å². The number of likely N-dealkylation sites (N-methyl/N-ethyl adjacent to an activating group) is 1. The minimum absolute atomic E-state index is 0.640. The van der Waals surface area contributed by atoms with Gasteiger partial charge in [0.25, 0.3) is 0 Å². The first kappa shape index (κ1) is 12.4. The van der Waals surface area contributed by atoms with Crippen LogP contribution in [0.3, 0.4) is 0 Å². The predicted octanol–water partition coefficient (Wildman–Crippen LogP) is 2.74. The van der Waals surface area contributed by atoms with Crippen molar-refractivity contribution in [2.45, 2.75) is 33.2 Å². The Bertz CT molecular complexity index is 366. The van der Waals surface area contributed by atoms with Crippen LogP contribution < -0.4 is 10.2 Å². The Balaban J connectivity index is 2.21. The number of hydrogen-bond acceptors (Lipinski definition) is 2. The number of hydrogen-bond donors (Lipinski definition) is 1. The van der Waals surface area contributed by atoms with Crippen LogP contribution in [0.15, 0.2) is 18.2 Å². The highest BCUT2D eigenvalue weighted by Gasteiger charge is 2.29. The molecule has 1 heterocycles. The van der Waals surface area contributed by atoms with Gasteiger partial charge < -0.3 is 10.2 Å². The Morgan fingerprint density at radius 2 is 1.82 bits per heavy atom. The summed E-state index contributed by atoms with van der Waals surface area (Å²) in [4.78, 5) is 2.45. The zero-order valence-corrected chi connectivity index (χ0v) is 11.5. The van der Waals surface area contributed by atoms with Gasteiger partial charge in [0.2, 0.25) is 0 Å². The quantitative estimate of drug-likeness (QED) is 0.862. The Kier molecular flexibility index (Phi) is 3.72. The van der Waals surface area contributed by atoms with Gasteiger partial charge in [0.1, 0.15) is 0 Å². The van der Waals surface area contributed by atoms with Gasteiger partial charge in [-0.2, -0.15) is 0 Å². The molecule has 1 aromatic carbocycles. The molecule has 0 saturated carbocycles. The molecule has 2 nitrogen and oxygen atoms in total. The van der Waals surface area contributed by atoms with E-state index in [2.05, 4.69) is 56.2 Å². The zero-order chi connectivity index (χ0) is 12.4. The molecule has 0 spiro atoms. The molecule has 0 radical (unpaired) electrons. The van der Waals surface area contributed by atoms with E-state index in [4.69, 9.17) is 0 Å². The van der Waals surface area contributed by atoms with Gasteiger partial charge >= 0.3 is 0 Å². The van der Waals surface area contributed by atoms with E-state index in [-0.39, 0.29) is 0 Å². The fourth-order valence-corrected chi connectivity index (χ4v) is 2.93. The maximum Gasteiger partial charge on any atom is 0.0451 e. The fourth-order valence-electron chi connectivity index (χ4n) is 2.93. The first-order valence-corrected chi connectivity index (χ1v) is 6.63. The third kappa shape index (κ3) is 2.63. The van der Waals surface area contributed by atoms with Crippen LogP contribution in [0.1, 0.15) is 24.5 Å². The van der Waals surface area contributed by atoms with Crippen LogP contribution in [0.5, 0.6) is 0 Å². The molecule has 1 aromatic rings. The van der Waals surface area contributed by atoms with E-state index in [1.807, 2.05) is 0 Å². The second kappa shape index (κ2) is 5.09. The van der Waals surface area contributed by atoms with Crippen LogP contribution in [-0.2, 0) is 0 Å². The molecular formula is C15H24N2. The highest BCUT2D eigenvalue weighted by molar-refractivity contribution is 5.51. The largest absolute Gasteiger partial charge is 0.370 e. The molecule has 2 atom stereocenters. The van der Waals surface area contributed by atoms with Gasteiger partial charge in [-0.05, 0) is 43.0 Å². The van der Waals surface area contributed by atoms with Gasteiger partial charge in [0.15, 0.2) is 0 Å². The molecule has 0 amide bonds. The van der Waals surface area contributed by atoms with E-state index in [1.54, 1.807) is 0 Å². The summed E-state index contributed by atoms with van der Waals surface area (Å²) in [6.07, 6.45) is 1.26. The molecular weight excluding hydrogens is 208 g/mol. The molecule has 1 saturated heterocycles. The highest BCUT2D eigenvalue weighted by Crippen LogP contribution is 2.25. The minimum atomic E-state index is 0.640. The van der Waals surface area contributed by atoms with Gasteiger partial charge in [-0.3, -0.25) is 0 Å². The van der Waals surface area contributed by atoms with Crippen LogP contribution in [0.2, 0.25) is 0 Å². The van der Waals surface area contributed by atoms with E-state index in [0.717, 1.165) is 19.0 Å². The summed E-state index contributed by atoms with van der Waals surface area (Å²) in [6, 6.07) is 7.46. The Labute approximate surface area is 105 Å². The molecule has 0 bridgehead atoms. The van der Waals surface area contributed by atoms with Gasteiger partial charge in [-0.1, -0.05) is 19.4 Å². The molecule has 1 N–H and O–H groups in total. The standard InChI is InChI=1S/C15H24N2/c1-5-13-9-16-10-15(13)17(4)14-7-11(2)6-12(3)8-14/h6-8,13,15-16H,5,9-10H2,1-4H3. The normalized spacial score (nSPS) is 24.0. The van der Waals surface area contributed by atoms with Gasteiger partial charge in [-0.15, -0.1) is 0 Å². The van der Waals surface area contributed by atoms with Gasteiger partial charge in [0.05, 0.1) is 0 Å². The molecule has 17 heavy (non-hydrogen) atoms. The lowest BCUT2D eigenvalue weighted by molar-refractivity contribution is 0.482. The average molecular weight is 232 g/mol. The maximum absolute atomic E-state index is 3.51.